The van der Waals surface area contributed by atoms with Crippen LogP contribution in [0.5, 0.6) is 5.75 Å². The minimum Gasteiger partial charge on any atom is -0.491 e. The summed E-state index contributed by atoms with van der Waals surface area (Å²) in [6.45, 7) is 0.916. The lowest BCUT2D eigenvalue weighted by Crippen LogP contribution is -2.43. The number of hydrogen-bond acceptors (Lipinski definition) is 5. The Kier molecular flexibility index (Phi) is 5.58. The van der Waals surface area contributed by atoms with Crippen LogP contribution in [0.15, 0.2) is 29.2 Å². The highest BCUT2D eigenvalue weighted by atomic mass is 32.2. The number of nitrogens with two attached hydrogens (primary N) is 1. The average Bonchev–Trinajstić information content (AvgIpc) is 2.84. The fourth-order valence-corrected chi connectivity index (χ4v) is 3.68. The van der Waals surface area contributed by atoms with Crippen LogP contribution < -0.4 is 15.2 Å². The van der Waals surface area contributed by atoms with Gasteiger partial charge < -0.3 is 15.2 Å². The molecular weight excluding hydrogens is 292 g/mol. The molecule has 1 aromatic carbocycles. The molecule has 0 spiro atoms. The Morgan fingerprint density at radius 1 is 1.24 bits per heavy atom. The molecule has 0 aliphatic heterocycles. The van der Waals surface area contributed by atoms with E-state index >= 15 is 0 Å². The first-order valence-electron chi connectivity index (χ1n) is 7.02. The molecule has 2 rings (SSSR count). The summed E-state index contributed by atoms with van der Waals surface area (Å²) in [6.07, 6.45) is 2.61. The molecule has 0 saturated heterocycles. The normalized spacial score (nSPS) is 22.4. The Hall–Kier alpha value is -1.15. The quantitative estimate of drug-likeness (QED) is 0.729. The molecule has 1 aliphatic carbocycles. The van der Waals surface area contributed by atoms with Gasteiger partial charge in [-0.15, -0.1) is 0 Å². The fourth-order valence-electron chi connectivity index (χ4n) is 2.36. The molecule has 1 aromatic rings. The number of ether oxygens (including phenoxy) is 2. The molecule has 0 radical (unpaired) electrons. The van der Waals surface area contributed by atoms with Crippen molar-refractivity contribution in [1.29, 1.82) is 0 Å². The van der Waals surface area contributed by atoms with Crippen LogP contribution in [0.2, 0.25) is 0 Å². The predicted octanol–water partition coefficient (Wildman–Crippen LogP) is 0.870. The van der Waals surface area contributed by atoms with Gasteiger partial charge in [0.15, 0.2) is 0 Å². The van der Waals surface area contributed by atoms with Crippen LogP contribution in [0, 0.1) is 0 Å². The zero-order chi connectivity index (χ0) is 15.3. The van der Waals surface area contributed by atoms with Gasteiger partial charge in [-0.3, -0.25) is 0 Å². The number of rotatable bonds is 7. The predicted molar refractivity (Wildman–Crippen MR) is 79.7 cm³/mol. The molecule has 0 heterocycles. The average molecular weight is 314 g/mol. The number of hydrogen-bond donors (Lipinski definition) is 2. The maximum absolute atomic E-state index is 12.3. The van der Waals surface area contributed by atoms with Crippen LogP contribution in [0.3, 0.4) is 0 Å². The highest BCUT2D eigenvalue weighted by Gasteiger charge is 2.28. The first kappa shape index (κ1) is 16.2. The topological polar surface area (TPSA) is 90.6 Å². The van der Waals surface area contributed by atoms with Crippen LogP contribution in [0.25, 0.3) is 0 Å². The van der Waals surface area contributed by atoms with Crippen molar-refractivity contribution in [2.45, 2.75) is 36.2 Å². The summed E-state index contributed by atoms with van der Waals surface area (Å²) >= 11 is 0. The van der Waals surface area contributed by atoms with Gasteiger partial charge in [-0.1, -0.05) is 6.42 Å². The third-order valence-electron chi connectivity index (χ3n) is 3.57. The lowest BCUT2D eigenvalue weighted by Gasteiger charge is -2.17. The van der Waals surface area contributed by atoms with Gasteiger partial charge in [-0.25, -0.2) is 13.1 Å². The van der Waals surface area contributed by atoms with Crippen molar-refractivity contribution in [3.05, 3.63) is 24.3 Å². The number of sulfonamides is 1. The van der Waals surface area contributed by atoms with E-state index in [0.717, 1.165) is 19.3 Å². The van der Waals surface area contributed by atoms with Gasteiger partial charge >= 0.3 is 0 Å². The second-order valence-electron chi connectivity index (χ2n) is 5.14. The molecule has 1 aliphatic rings. The van der Waals surface area contributed by atoms with Gasteiger partial charge in [0.2, 0.25) is 10.0 Å². The van der Waals surface area contributed by atoms with Crippen LogP contribution in [0.1, 0.15) is 19.3 Å². The molecule has 2 atom stereocenters. The van der Waals surface area contributed by atoms with E-state index in [9.17, 15) is 8.42 Å². The molecule has 1 fully saturated rings. The molecule has 1 saturated carbocycles. The van der Waals surface area contributed by atoms with E-state index in [1.807, 2.05) is 0 Å². The highest BCUT2D eigenvalue weighted by Crippen LogP contribution is 2.21. The summed E-state index contributed by atoms with van der Waals surface area (Å²) in [7, 11) is -1.93. The Bertz CT molecular complexity index is 545. The minimum atomic E-state index is -3.53. The van der Waals surface area contributed by atoms with Crippen molar-refractivity contribution in [2.75, 3.05) is 20.3 Å². The van der Waals surface area contributed by atoms with E-state index in [0.29, 0.717) is 19.0 Å². The summed E-state index contributed by atoms with van der Waals surface area (Å²) in [4.78, 5) is 0.223. The maximum atomic E-state index is 12.3. The number of methoxy groups -OCH3 is 1. The SMILES string of the molecule is COCCOc1ccc(S(=O)(=O)NC2CCCC2N)cc1. The molecule has 3 N–H and O–H groups in total. The van der Waals surface area contributed by atoms with E-state index in [1.165, 1.54) is 12.1 Å². The molecule has 0 aromatic heterocycles. The van der Waals surface area contributed by atoms with Crippen LogP contribution in [-0.2, 0) is 14.8 Å². The molecular formula is C14H22N2O4S. The Labute approximate surface area is 125 Å². The number of nitrogens with one attached hydrogen (secondary N) is 1. The summed E-state index contributed by atoms with van der Waals surface area (Å²) in [5.74, 6) is 0.614. The van der Waals surface area contributed by atoms with Crippen molar-refractivity contribution in [3.63, 3.8) is 0 Å². The van der Waals surface area contributed by atoms with E-state index in [1.54, 1.807) is 19.2 Å². The first-order valence-corrected chi connectivity index (χ1v) is 8.51. The Balaban J connectivity index is 1.99. The van der Waals surface area contributed by atoms with Gasteiger partial charge in [-0.2, -0.15) is 0 Å². The highest BCUT2D eigenvalue weighted by molar-refractivity contribution is 7.89. The molecule has 0 bridgehead atoms. The monoisotopic (exact) mass is 314 g/mol. The molecule has 0 amide bonds. The summed E-state index contributed by atoms with van der Waals surface area (Å²) < 4.78 is 37.5. The molecule has 118 valence electrons. The van der Waals surface area contributed by atoms with E-state index in [2.05, 4.69) is 4.72 Å². The molecule has 7 heteroatoms. The number of benzene rings is 1. The van der Waals surface area contributed by atoms with E-state index < -0.39 is 10.0 Å². The molecule has 2 unspecified atom stereocenters. The lowest BCUT2D eigenvalue weighted by molar-refractivity contribution is 0.146. The van der Waals surface area contributed by atoms with Crippen molar-refractivity contribution in [2.24, 2.45) is 5.73 Å². The van der Waals surface area contributed by atoms with Gasteiger partial charge in [0.25, 0.3) is 0 Å². The smallest absolute Gasteiger partial charge is 0.240 e. The zero-order valence-corrected chi connectivity index (χ0v) is 12.9. The van der Waals surface area contributed by atoms with Gasteiger partial charge in [-0.05, 0) is 37.1 Å². The van der Waals surface area contributed by atoms with Crippen LogP contribution >= 0.6 is 0 Å². The van der Waals surface area contributed by atoms with Gasteiger partial charge in [0, 0.05) is 19.2 Å². The minimum absolute atomic E-state index is 0.101. The van der Waals surface area contributed by atoms with Crippen LogP contribution in [-0.4, -0.2) is 40.8 Å². The molecule has 21 heavy (non-hydrogen) atoms. The van der Waals surface area contributed by atoms with E-state index in [-0.39, 0.29) is 17.0 Å². The summed E-state index contributed by atoms with van der Waals surface area (Å²) in [6, 6.07) is 6.07. The maximum Gasteiger partial charge on any atom is 0.240 e. The van der Waals surface area contributed by atoms with E-state index in [4.69, 9.17) is 15.2 Å². The first-order chi connectivity index (χ1) is 10.0. The van der Waals surface area contributed by atoms with Crippen molar-refractivity contribution < 1.29 is 17.9 Å². The standard InChI is InChI=1S/C14H22N2O4S/c1-19-9-10-20-11-5-7-12(8-6-11)21(17,18)16-14-4-2-3-13(14)15/h5-8,13-14,16H,2-4,9-10,15H2,1H3. The van der Waals surface area contributed by atoms with Crippen molar-refractivity contribution in [3.8, 4) is 5.75 Å². The fraction of sp³-hybridized carbons (Fsp3) is 0.571. The third kappa shape index (κ3) is 4.41. The lowest BCUT2D eigenvalue weighted by atomic mass is 10.2. The Morgan fingerprint density at radius 3 is 2.52 bits per heavy atom. The largest absolute Gasteiger partial charge is 0.491 e. The van der Waals surface area contributed by atoms with Crippen molar-refractivity contribution in [1.82, 2.24) is 4.72 Å². The summed E-state index contributed by atoms with van der Waals surface area (Å²) in [5, 5.41) is 0. The second-order valence-corrected chi connectivity index (χ2v) is 6.85. The zero-order valence-electron chi connectivity index (χ0n) is 12.1. The van der Waals surface area contributed by atoms with Crippen molar-refractivity contribution >= 4 is 10.0 Å². The summed E-state index contributed by atoms with van der Waals surface area (Å²) in [5.41, 5.74) is 5.90. The Morgan fingerprint density at radius 2 is 1.95 bits per heavy atom. The van der Waals surface area contributed by atoms with Gasteiger partial charge in [0.1, 0.15) is 12.4 Å². The van der Waals surface area contributed by atoms with Crippen LogP contribution in [0.4, 0.5) is 0 Å². The second kappa shape index (κ2) is 7.22. The third-order valence-corrected chi connectivity index (χ3v) is 5.07. The van der Waals surface area contributed by atoms with Gasteiger partial charge in [0.05, 0.1) is 11.5 Å². The molecule has 6 nitrogen and oxygen atoms in total.